The van der Waals surface area contributed by atoms with Gasteiger partial charge in [-0.3, -0.25) is 9.69 Å². The zero-order valence-electron chi connectivity index (χ0n) is 13.1. The summed E-state index contributed by atoms with van der Waals surface area (Å²) < 4.78 is 0. The number of thiophene rings is 1. The van der Waals surface area contributed by atoms with Gasteiger partial charge >= 0.3 is 0 Å². The van der Waals surface area contributed by atoms with E-state index in [0.717, 1.165) is 31.7 Å². The van der Waals surface area contributed by atoms with E-state index in [1.165, 1.54) is 4.88 Å². The van der Waals surface area contributed by atoms with Crippen molar-refractivity contribution in [2.24, 2.45) is 17.8 Å². The van der Waals surface area contributed by atoms with Crippen LogP contribution in [0.15, 0.2) is 17.5 Å². The Balaban J connectivity index is 1.95. The van der Waals surface area contributed by atoms with Crippen molar-refractivity contribution in [1.82, 2.24) is 4.90 Å². The van der Waals surface area contributed by atoms with E-state index in [-0.39, 0.29) is 5.92 Å². The highest BCUT2D eigenvalue weighted by Gasteiger charge is 2.31. The van der Waals surface area contributed by atoms with Crippen molar-refractivity contribution >= 4 is 17.1 Å². The number of nitrogens with zero attached hydrogens (tertiary/aromatic N) is 1. The predicted molar refractivity (Wildman–Crippen MR) is 86.0 cm³/mol. The quantitative estimate of drug-likeness (QED) is 0.803. The molecule has 1 aromatic rings. The van der Waals surface area contributed by atoms with Crippen LogP contribution in [-0.4, -0.2) is 24.3 Å². The van der Waals surface area contributed by atoms with Gasteiger partial charge in [0, 0.05) is 29.8 Å². The third-order valence-electron chi connectivity index (χ3n) is 4.87. The smallest absolute Gasteiger partial charge is 0.137 e. The van der Waals surface area contributed by atoms with Crippen LogP contribution < -0.4 is 0 Å². The summed E-state index contributed by atoms with van der Waals surface area (Å²) in [6.45, 7) is 7.71. The monoisotopic (exact) mass is 293 g/mol. The molecule has 0 radical (unpaired) electrons. The van der Waals surface area contributed by atoms with Gasteiger partial charge in [-0.15, -0.1) is 11.3 Å². The molecule has 0 spiro atoms. The fourth-order valence-electron chi connectivity index (χ4n) is 3.18. The van der Waals surface area contributed by atoms with Gasteiger partial charge in [-0.2, -0.15) is 0 Å². The Labute approximate surface area is 127 Å². The Kier molecular flexibility index (Phi) is 5.39. The maximum Gasteiger partial charge on any atom is 0.137 e. The Bertz CT molecular complexity index is 426. The van der Waals surface area contributed by atoms with Gasteiger partial charge in [0.15, 0.2) is 0 Å². The topological polar surface area (TPSA) is 20.3 Å². The summed E-state index contributed by atoms with van der Waals surface area (Å²) in [6, 6.07) is 4.69. The van der Waals surface area contributed by atoms with Gasteiger partial charge in [-0.1, -0.05) is 19.9 Å². The van der Waals surface area contributed by atoms with Crippen molar-refractivity contribution in [3.05, 3.63) is 22.4 Å². The van der Waals surface area contributed by atoms with Crippen LogP contribution in [0.4, 0.5) is 0 Å². The van der Waals surface area contributed by atoms with Crippen LogP contribution in [0, 0.1) is 17.8 Å². The van der Waals surface area contributed by atoms with E-state index < -0.39 is 0 Å². The minimum absolute atomic E-state index is 0.239. The summed E-state index contributed by atoms with van der Waals surface area (Å²) in [4.78, 5) is 15.9. The van der Waals surface area contributed by atoms with Gasteiger partial charge in [0.1, 0.15) is 5.78 Å². The first-order valence-corrected chi connectivity index (χ1v) is 8.63. The fraction of sp³-hybridized carbons (Fsp3) is 0.706. The molecule has 1 saturated carbocycles. The van der Waals surface area contributed by atoms with Crippen LogP contribution in [0.5, 0.6) is 0 Å². The van der Waals surface area contributed by atoms with Crippen LogP contribution in [0.1, 0.15) is 51.0 Å². The molecule has 3 atom stereocenters. The molecule has 3 unspecified atom stereocenters. The highest BCUT2D eigenvalue weighted by atomic mass is 32.1. The molecule has 2 rings (SSSR count). The fourth-order valence-corrected chi connectivity index (χ4v) is 4.03. The van der Waals surface area contributed by atoms with E-state index in [1.807, 2.05) is 0 Å². The lowest BCUT2D eigenvalue weighted by molar-refractivity contribution is -0.126. The maximum absolute atomic E-state index is 12.2. The Hall–Kier alpha value is -0.670. The van der Waals surface area contributed by atoms with Crippen LogP contribution in [0.3, 0.4) is 0 Å². The molecule has 0 N–H and O–H groups in total. The van der Waals surface area contributed by atoms with Gasteiger partial charge in [-0.05, 0) is 50.1 Å². The van der Waals surface area contributed by atoms with Crippen molar-refractivity contribution in [3.8, 4) is 0 Å². The molecule has 112 valence electrons. The lowest BCUT2D eigenvalue weighted by Crippen LogP contribution is -2.36. The number of rotatable bonds is 5. The SMILES string of the molecule is CC(C)C1CCC(=O)C(CN(C)C(C)c2cccs2)C1. The molecular formula is C17H27NOS. The second-order valence-corrected chi connectivity index (χ2v) is 7.55. The molecule has 1 aromatic heterocycles. The molecule has 2 nitrogen and oxygen atoms in total. The zero-order chi connectivity index (χ0) is 14.7. The van der Waals surface area contributed by atoms with E-state index in [9.17, 15) is 4.79 Å². The second-order valence-electron chi connectivity index (χ2n) is 6.57. The number of Topliss-reactive ketones (excluding diaryl/α,β-unsaturated/α-hetero) is 1. The highest BCUT2D eigenvalue weighted by Crippen LogP contribution is 2.33. The molecule has 0 aromatic carbocycles. The van der Waals surface area contributed by atoms with Crippen molar-refractivity contribution in [2.75, 3.05) is 13.6 Å². The van der Waals surface area contributed by atoms with Crippen molar-refractivity contribution < 1.29 is 4.79 Å². The largest absolute Gasteiger partial charge is 0.299 e. The van der Waals surface area contributed by atoms with E-state index >= 15 is 0 Å². The average molecular weight is 293 g/mol. The second kappa shape index (κ2) is 6.86. The van der Waals surface area contributed by atoms with Crippen LogP contribution in [0.2, 0.25) is 0 Å². The lowest BCUT2D eigenvalue weighted by Gasteiger charge is -2.34. The predicted octanol–water partition coefficient (Wildman–Crippen LogP) is 4.38. The molecule has 0 aliphatic heterocycles. The standard InChI is InChI=1S/C17H27NOS/c1-12(2)14-7-8-16(19)15(10-14)11-18(4)13(3)17-6-5-9-20-17/h5-6,9,12-15H,7-8,10-11H2,1-4H3. The van der Waals surface area contributed by atoms with E-state index in [4.69, 9.17) is 0 Å². The molecule has 1 fully saturated rings. The minimum atomic E-state index is 0.239. The Morgan fingerprint density at radius 1 is 1.40 bits per heavy atom. The summed E-state index contributed by atoms with van der Waals surface area (Å²) in [5.41, 5.74) is 0. The zero-order valence-corrected chi connectivity index (χ0v) is 14.0. The summed E-state index contributed by atoms with van der Waals surface area (Å²) in [5.74, 6) is 2.14. The van der Waals surface area contributed by atoms with Gasteiger partial charge in [0.2, 0.25) is 0 Å². The van der Waals surface area contributed by atoms with Crippen LogP contribution in [-0.2, 0) is 4.79 Å². The molecule has 0 amide bonds. The highest BCUT2D eigenvalue weighted by molar-refractivity contribution is 7.10. The summed E-state index contributed by atoms with van der Waals surface area (Å²) in [7, 11) is 2.15. The summed E-state index contributed by atoms with van der Waals surface area (Å²) in [5, 5.41) is 2.13. The van der Waals surface area contributed by atoms with Gasteiger partial charge in [-0.25, -0.2) is 0 Å². The first-order valence-electron chi connectivity index (χ1n) is 7.75. The molecule has 20 heavy (non-hydrogen) atoms. The van der Waals surface area contributed by atoms with Crippen molar-refractivity contribution in [1.29, 1.82) is 0 Å². The van der Waals surface area contributed by atoms with Gasteiger partial charge in [0.25, 0.3) is 0 Å². The van der Waals surface area contributed by atoms with Gasteiger partial charge in [0.05, 0.1) is 0 Å². The molecular weight excluding hydrogens is 266 g/mol. The average Bonchev–Trinajstić information content (AvgIpc) is 2.94. The third-order valence-corrected chi connectivity index (χ3v) is 5.91. The third kappa shape index (κ3) is 3.70. The number of carbonyl (C=O) groups excluding carboxylic acids is 1. The first kappa shape index (κ1) is 15.7. The maximum atomic E-state index is 12.2. The van der Waals surface area contributed by atoms with Crippen molar-refractivity contribution in [2.45, 2.75) is 46.1 Å². The van der Waals surface area contributed by atoms with E-state index in [1.54, 1.807) is 11.3 Å². The molecule has 0 bridgehead atoms. The molecule has 3 heteroatoms. The molecule has 1 aliphatic carbocycles. The number of hydrogen-bond donors (Lipinski definition) is 0. The molecule has 1 aliphatic rings. The molecule has 1 heterocycles. The Morgan fingerprint density at radius 2 is 2.15 bits per heavy atom. The van der Waals surface area contributed by atoms with E-state index in [0.29, 0.717) is 17.7 Å². The Morgan fingerprint density at radius 3 is 2.75 bits per heavy atom. The molecule has 0 saturated heterocycles. The summed E-state index contributed by atoms with van der Waals surface area (Å²) in [6.07, 6.45) is 2.96. The van der Waals surface area contributed by atoms with Crippen molar-refractivity contribution in [3.63, 3.8) is 0 Å². The summed E-state index contributed by atoms with van der Waals surface area (Å²) >= 11 is 1.80. The number of ketones is 1. The number of hydrogen-bond acceptors (Lipinski definition) is 3. The normalized spacial score (nSPS) is 25.4. The number of carbonyl (C=O) groups is 1. The van der Waals surface area contributed by atoms with E-state index in [2.05, 4.69) is 50.2 Å². The van der Waals surface area contributed by atoms with Crippen LogP contribution >= 0.6 is 11.3 Å². The van der Waals surface area contributed by atoms with Crippen LogP contribution in [0.25, 0.3) is 0 Å². The minimum Gasteiger partial charge on any atom is -0.299 e. The van der Waals surface area contributed by atoms with Gasteiger partial charge < -0.3 is 0 Å². The first-order chi connectivity index (χ1) is 9.49. The lowest BCUT2D eigenvalue weighted by atomic mass is 9.75.